The van der Waals surface area contributed by atoms with Gasteiger partial charge in [-0.3, -0.25) is 5.10 Å². The van der Waals surface area contributed by atoms with E-state index in [2.05, 4.69) is 30.8 Å². The molecule has 6 rings (SSSR count). The van der Waals surface area contributed by atoms with Gasteiger partial charge in [0.2, 0.25) is 0 Å². The first-order valence-electron chi connectivity index (χ1n) is 11.9. The monoisotopic (exact) mass is 542 g/mol. The van der Waals surface area contributed by atoms with Crippen molar-refractivity contribution in [2.75, 3.05) is 6.61 Å². The minimum absolute atomic E-state index is 0.0157. The summed E-state index contributed by atoms with van der Waals surface area (Å²) in [6, 6.07) is 5.84. The van der Waals surface area contributed by atoms with Crippen LogP contribution in [0.2, 0.25) is 0 Å². The average molecular weight is 542 g/mol. The van der Waals surface area contributed by atoms with E-state index >= 15 is 0 Å². The molecule has 1 fully saturated rings. The molecule has 4 N–H and O–H groups in total. The fraction of sp³-hybridized carbons (Fsp3) is 0.292. The number of ether oxygens (including phenoxy) is 1. The Morgan fingerprint density at radius 1 is 0.974 bits per heavy atom. The molecule has 0 bridgehead atoms. The summed E-state index contributed by atoms with van der Waals surface area (Å²) in [6.07, 6.45) is -0.555. The van der Waals surface area contributed by atoms with E-state index in [0.717, 1.165) is 27.7 Å². The van der Waals surface area contributed by atoms with E-state index in [4.69, 9.17) is 4.74 Å². The standard InChI is InChI=1S/C24H21F3N8O4/c25-14-6-12(7-15(26)20(14)27)17-10-34(33-31-17)21-22(37)19(3-4-36)39-24(23(21)38)35-18(9-29-32-35)11-1-2-16-13(5-11)8-28-30-16/h1-2,5-10,19,21-24,36-38H,3-4H2,(H,28,30)/t19-,21+,22+,23-,24-/m1/s1. The highest BCUT2D eigenvalue weighted by Gasteiger charge is 2.47. The van der Waals surface area contributed by atoms with Gasteiger partial charge in [0.25, 0.3) is 0 Å². The quantitative estimate of drug-likeness (QED) is 0.234. The number of nitrogens with zero attached hydrogens (tertiary/aromatic N) is 7. The summed E-state index contributed by atoms with van der Waals surface area (Å²) in [7, 11) is 0. The molecular formula is C24H21F3N8O4. The van der Waals surface area contributed by atoms with E-state index in [1.54, 1.807) is 6.20 Å². The second-order valence-electron chi connectivity index (χ2n) is 9.12. The minimum atomic E-state index is -1.62. The number of aromatic amines is 1. The highest BCUT2D eigenvalue weighted by atomic mass is 19.2. The van der Waals surface area contributed by atoms with E-state index in [-0.39, 0.29) is 24.3 Å². The molecule has 0 aliphatic carbocycles. The Morgan fingerprint density at radius 2 is 1.77 bits per heavy atom. The molecule has 2 aromatic carbocycles. The molecule has 0 unspecified atom stereocenters. The highest BCUT2D eigenvalue weighted by Crippen LogP contribution is 2.38. The van der Waals surface area contributed by atoms with Crippen LogP contribution in [0.15, 0.2) is 48.9 Å². The van der Waals surface area contributed by atoms with Crippen molar-refractivity contribution in [3.63, 3.8) is 0 Å². The SMILES string of the molecule is OCC[C@H]1O[C@@H](n2nncc2-c2ccc3[nH]ncc3c2)[C@H](O)[C@@H](n2cc(-c3cc(F)c(F)c(F)c3)nn2)[C@H]1O. The summed E-state index contributed by atoms with van der Waals surface area (Å²) in [5.41, 5.74) is 1.90. The third-order valence-electron chi connectivity index (χ3n) is 6.75. The molecule has 1 saturated heterocycles. The predicted molar refractivity (Wildman–Crippen MR) is 127 cm³/mol. The van der Waals surface area contributed by atoms with Gasteiger partial charge in [0.1, 0.15) is 23.9 Å². The third-order valence-corrected chi connectivity index (χ3v) is 6.75. The Hall–Kier alpha value is -4.18. The topological polar surface area (TPSA) is 160 Å². The molecular weight excluding hydrogens is 521 g/mol. The number of aromatic nitrogens is 8. The normalized spacial score (nSPS) is 23.5. The lowest BCUT2D eigenvalue weighted by Crippen LogP contribution is -2.53. The van der Waals surface area contributed by atoms with Crippen molar-refractivity contribution >= 4 is 10.9 Å². The summed E-state index contributed by atoms with van der Waals surface area (Å²) in [6.45, 7) is -0.324. The van der Waals surface area contributed by atoms with Crippen LogP contribution in [0.25, 0.3) is 33.4 Å². The van der Waals surface area contributed by atoms with Crippen molar-refractivity contribution in [2.45, 2.75) is 37.0 Å². The third kappa shape index (κ3) is 4.34. The lowest BCUT2D eigenvalue weighted by molar-refractivity contribution is -0.228. The molecule has 4 heterocycles. The fourth-order valence-corrected chi connectivity index (χ4v) is 4.81. The zero-order valence-electron chi connectivity index (χ0n) is 19.9. The van der Waals surface area contributed by atoms with E-state index in [1.165, 1.54) is 17.1 Å². The van der Waals surface area contributed by atoms with Crippen molar-refractivity contribution in [1.29, 1.82) is 0 Å². The highest BCUT2D eigenvalue weighted by molar-refractivity contribution is 5.83. The van der Waals surface area contributed by atoms with Crippen LogP contribution < -0.4 is 0 Å². The van der Waals surface area contributed by atoms with Crippen LogP contribution in [0.3, 0.4) is 0 Å². The average Bonchev–Trinajstić information content (AvgIpc) is 3.69. The van der Waals surface area contributed by atoms with Gasteiger partial charge in [-0.25, -0.2) is 22.5 Å². The Morgan fingerprint density at radius 3 is 2.54 bits per heavy atom. The van der Waals surface area contributed by atoms with Gasteiger partial charge in [-0.05, 0) is 30.7 Å². The van der Waals surface area contributed by atoms with Gasteiger partial charge >= 0.3 is 0 Å². The minimum Gasteiger partial charge on any atom is -0.396 e. The number of aliphatic hydroxyl groups is 3. The number of nitrogens with one attached hydrogen (secondary N) is 1. The van der Waals surface area contributed by atoms with Crippen LogP contribution in [0.5, 0.6) is 0 Å². The summed E-state index contributed by atoms with van der Waals surface area (Å²) >= 11 is 0. The maximum atomic E-state index is 13.8. The number of H-pyrrole nitrogens is 1. The molecule has 39 heavy (non-hydrogen) atoms. The molecule has 5 aromatic rings. The van der Waals surface area contributed by atoms with Gasteiger partial charge < -0.3 is 20.1 Å². The summed E-state index contributed by atoms with van der Waals surface area (Å²) < 4.78 is 49.5. The number of aliphatic hydroxyl groups excluding tert-OH is 3. The molecule has 202 valence electrons. The van der Waals surface area contributed by atoms with Gasteiger partial charge in [-0.15, -0.1) is 10.2 Å². The van der Waals surface area contributed by atoms with Gasteiger partial charge in [0.05, 0.1) is 35.9 Å². The van der Waals surface area contributed by atoms with Crippen molar-refractivity contribution in [3.8, 4) is 22.5 Å². The largest absolute Gasteiger partial charge is 0.396 e. The molecule has 0 amide bonds. The van der Waals surface area contributed by atoms with E-state index in [1.807, 2.05) is 18.2 Å². The fourth-order valence-electron chi connectivity index (χ4n) is 4.81. The Bertz CT molecular complexity index is 1620. The van der Waals surface area contributed by atoms with Crippen LogP contribution in [-0.2, 0) is 4.74 Å². The van der Waals surface area contributed by atoms with Crippen molar-refractivity contribution < 1.29 is 33.2 Å². The Labute approximate surface area is 217 Å². The summed E-state index contributed by atoms with van der Waals surface area (Å²) in [5.74, 6) is -4.42. The van der Waals surface area contributed by atoms with Crippen LogP contribution in [-0.4, -0.2) is 80.4 Å². The van der Waals surface area contributed by atoms with Crippen LogP contribution in [0, 0.1) is 17.5 Å². The number of benzene rings is 2. The van der Waals surface area contributed by atoms with Crippen LogP contribution >= 0.6 is 0 Å². The predicted octanol–water partition coefficient (Wildman–Crippen LogP) is 1.74. The molecule has 1 aliphatic rings. The number of rotatable bonds is 6. The van der Waals surface area contributed by atoms with E-state index < -0.39 is 48.0 Å². The molecule has 1 aliphatic heterocycles. The Balaban J connectivity index is 1.37. The number of hydrogen-bond donors (Lipinski definition) is 4. The van der Waals surface area contributed by atoms with Gasteiger partial charge in [0.15, 0.2) is 23.7 Å². The van der Waals surface area contributed by atoms with E-state index in [9.17, 15) is 28.5 Å². The first kappa shape index (κ1) is 25.1. The maximum Gasteiger partial charge on any atom is 0.194 e. The maximum absolute atomic E-state index is 13.8. The van der Waals surface area contributed by atoms with Crippen LogP contribution in [0.1, 0.15) is 18.7 Å². The molecule has 15 heteroatoms. The van der Waals surface area contributed by atoms with Crippen molar-refractivity contribution in [3.05, 3.63) is 66.4 Å². The van der Waals surface area contributed by atoms with E-state index in [0.29, 0.717) is 11.3 Å². The lowest BCUT2D eigenvalue weighted by Gasteiger charge is -2.42. The molecule has 0 saturated carbocycles. The molecule has 3 aromatic heterocycles. The molecule has 5 atom stereocenters. The number of halogens is 3. The first-order valence-corrected chi connectivity index (χ1v) is 11.9. The van der Waals surface area contributed by atoms with Gasteiger partial charge in [0, 0.05) is 23.1 Å². The second-order valence-corrected chi connectivity index (χ2v) is 9.12. The number of hydrogen-bond acceptors (Lipinski definition) is 9. The summed E-state index contributed by atoms with van der Waals surface area (Å²) in [5, 5.41) is 55.7. The molecule has 12 nitrogen and oxygen atoms in total. The lowest BCUT2D eigenvalue weighted by atomic mass is 9.93. The van der Waals surface area contributed by atoms with Crippen molar-refractivity contribution in [2.24, 2.45) is 0 Å². The summed E-state index contributed by atoms with van der Waals surface area (Å²) in [4.78, 5) is 0. The van der Waals surface area contributed by atoms with Gasteiger partial charge in [-0.1, -0.05) is 16.5 Å². The molecule has 0 radical (unpaired) electrons. The Kier molecular flexibility index (Phi) is 6.34. The number of fused-ring (bicyclic) bond motifs is 1. The zero-order valence-corrected chi connectivity index (χ0v) is 19.9. The smallest absolute Gasteiger partial charge is 0.194 e. The van der Waals surface area contributed by atoms with Gasteiger partial charge in [-0.2, -0.15) is 5.10 Å². The first-order chi connectivity index (χ1) is 18.9. The second kappa shape index (κ2) is 9.85. The zero-order chi connectivity index (χ0) is 27.3. The van der Waals surface area contributed by atoms with Crippen molar-refractivity contribution in [1.82, 2.24) is 40.2 Å². The molecule has 0 spiro atoms. The van der Waals surface area contributed by atoms with Crippen LogP contribution in [0.4, 0.5) is 13.2 Å².